The molecule has 30 heavy (non-hydrogen) atoms. The number of carbonyl (C=O) groups is 3. The van der Waals surface area contributed by atoms with Gasteiger partial charge in [-0.3, -0.25) is 14.4 Å². The molecule has 2 atom stereocenters. The number of esters is 1. The van der Waals surface area contributed by atoms with Gasteiger partial charge in [0.1, 0.15) is 0 Å². The molecule has 1 aliphatic heterocycles. The number of rotatable bonds is 6. The van der Waals surface area contributed by atoms with E-state index in [1.54, 1.807) is 0 Å². The summed E-state index contributed by atoms with van der Waals surface area (Å²) in [7, 11) is 0. The fraction of sp³-hybridized carbons (Fsp3) is 0.875. The molecular formula is C24H36N2O4. The zero-order valence-electron chi connectivity index (χ0n) is 18.2. The van der Waals surface area contributed by atoms with Crippen LogP contribution in [0, 0.1) is 29.1 Å². The Hall–Kier alpha value is -1.59. The van der Waals surface area contributed by atoms with Gasteiger partial charge in [0, 0.05) is 25.0 Å². The lowest BCUT2D eigenvalue weighted by atomic mass is 9.48. The van der Waals surface area contributed by atoms with E-state index in [4.69, 9.17) is 4.74 Å². The summed E-state index contributed by atoms with van der Waals surface area (Å²) in [6, 6.07) is 0.419. The lowest BCUT2D eigenvalue weighted by Crippen LogP contribution is -2.56. The van der Waals surface area contributed by atoms with E-state index in [0.29, 0.717) is 12.6 Å². The molecule has 4 bridgehead atoms. The highest BCUT2D eigenvalue weighted by atomic mass is 16.5. The van der Waals surface area contributed by atoms with Gasteiger partial charge in [-0.2, -0.15) is 0 Å². The predicted molar refractivity (Wildman–Crippen MR) is 111 cm³/mol. The number of hydrogen-bond donors (Lipinski definition) is 1. The standard InChI is InChI=1S/C24H36N2O4/c1-15(24-10-16-6-17(11-24)8-18(7-16)12-24)25-21(27)14-30-23(29)19-9-22(28)26(13-19)20-4-2-3-5-20/h15-20H,2-14H2,1H3,(H,25,27)/t15-,16?,17?,18?,19+,24?/m1/s1. The minimum atomic E-state index is -0.425. The first kappa shape index (κ1) is 20.3. The van der Waals surface area contributed by atoms with Gasteiger partial charge in [0.25, 0.3) is 5.91 Å². The largest absolute Gasteiger partial charge is 0.455 e. The number of nitrogens with one attached hydrogen (secondary N) is 1. The highest BCUT2D eigenvalue weighted by Gasteiger charge is 2.53. The molecule has 6 nitrogen and oxygen atoms in total. The molecule has 1 N–H and O–H groups in total. The van der Waals surface area contributed by atoms with Crippen molar-refractivity contribution in [3.63, 3.8) is 0 Å². The fourth-order valence-electron chi connectivity index (χ4n) is 7.86. The molecule has 0 spiro atoms. The van der Waals surface area contributed by atoms with Crippen molar-refractivity contribution in [1.29, 1.82) is 0 Å². The molecular weight excluding hydrogens is 380 g/mol. The van der Waals surface area contributed by atoms with Crippen LogP contribution < -0.4 is 5.32 Å². The molecule has 1 heterocycles. The number of nitrogens with zero attached hydrogens (tertiary/aromatic N) is 1. The molecule has 6 fully saturated rings. The van der Waals surface area contributed by atoms with E-state index in [9.17, 15) is 14.4 Å². The third-order valence-electron chi connectivity index (χ3n) is 8.98. The zero-order valence-corrected chi connectivity index (χ0v) is 18.2. The SMILES string of the molecule is C[C@@H](NC(=O)COC(=O)[C@H]1CC(=O)N(C2CCCC2)C1)C12CC3CC(CC(C3)C1)C2. The second-order valence-electron chi connectivity index (χ2n) is 11.1. The van der Waals surface area contributed by atoms with Crippen molar-refractivity contribution in [1.82, 2.24) is 10.2 Å². The van der Waals surface area contributed by atoms with Crippen molar-refractivity contribution >= 4 is 17.8 Å². The molecule has 6 heteroatoms. The van der Waals surface area contributed by atoms with Crippen LogP contribution in [0.4, 0.5) is 0 Å². The predicted octanol–water partition coefficient (Wildman–Crippen LogP) is 3.04. The Morgan fingerprint density at radius 2 is 1.70 bits per heavy atom. The smallest absolute Gasteiger partial charge is 0.311 e. The normalized spacial score (nSPS) is 38.8. The summed E-state index contributed by atoms with van der Waals surface area (Å²) in [6.07, 6.45) is 12.5. The van der Waals surface area contributed by atoms with Gasteiger partial charge in [0.15, 0.2) is 6.61 Å². The molecule has 0 aromatic carbocycles. The number of ether oxygens (including phenoxy) is 1. The highest BCUT2D eigenvalue weighted by molar-refractivity contribution is 5.88. The third kappa shape index (κ3) is 3.75. The van der Waals surface area contributed by atoms with Gasteiger partial charge in [-0.25, -0.2) is 0 Å². The average Bonchev–Trinajstić information content (AvgIpc) is 3.34. The third-order valence-corrected chi connectivity index (χ3v) is 8.98. The number of likely N-dealkylation sites (tertiary alicyclic amines) is 1. The Labute approximate surface area is 179 Å². The van der Waals surface area contributed by atoms with Gasteiger partial charge < -0.3 is 15.0 Å². The molecule has 5 saturated carbocycles. The molecule has 1 saturated heterocycles. The summed E-state index contributed by atoms with van der Waals surface area (Å²) in [5.41, 5.74) is 0.244. The first-order valence-electron chi connectivity index (χ1n) is 12.2. The highest BCUT2D eigenvalue weighted by Crippen LogP contribution is 2.61. The van der Waals surface area contributed by atoms with E-state index in [1.807, 2.05) is 4.90 Å². The number of carbonyl (C=O) groups excluding carboxylic acids is 3. The first-order chi connectivity index (χ1) is 14.4. The summed E-state index contributed by atoms with van der Waals surface area (Å²) in [5, 5.41) is 3.15. The van der Waals surface area contributed by atoms with Crippen LogP contribution in [0.3, 0.4) is 0 Å². The van der Waals surface area contributed by atoms with Gasteiger partial charge in [-0.15, -0.1) is 0 Å². The van der Waals surface area contributed by atoms with E-state index in [2.05, 4.69) is 12.2 Å². The number of hydrogen-bond acceptors (Lipinski definition) is 4. The van der Waals surface area contributed by atoms with Gasteiger partial charge in [0.2, 0.25) is 5.91 Å². The van der Waals surface area contributed by atoms with Gasteiger partial charge in [-0.05, 0) is 81.5 Å². The van der Waals surface area contributed by atoms with Crippen LogP contribution >= 0.6 is 0 Å². The molecule has 0 unspecified atom stereocenters. The van der Waals surface area contributed by atoms with Crippen molar-refractivity contribution in [2.24, 2.45) is 29.1 Å². The zero-order chi connectivity index (χ0) is 20.9. The van der Waals surface area contributed by atoms with E-state index >= 15 is 0 Å². The van der Waals surface area contributed by atoms with Crippen LogP contribution in [0.15, 0.2) is 0 Å². The monoisotopic (exact) mass is 416 g/mol. The second kappa shape index (κ2) is 7.83. The first-order valence-corrected chi connectivity index (χ1v) is 12.2. The molecule has 166 valence electrons. The van der Waals surface area contributed by atoms with Crippen molar-refractivity contribution in [2.75, 3.05) is 13.2 Å². The number of amides is 2. The van der Waals surface area contributed by atoms with Gasteiger partial charge >= 0.3 is 5.97 Å². The summed E-state index contributed by atoms with van der Waals surface area (Å²) >= 11 is 0. The summed E-state index contributed by atoms with van der Waals surface area (Å²) in [4.78, 5) is 39.2. The van der Waals surface area contributed by atoms with Crippen molar-refractivity contribution < 1.29 is 19.1 Å². The maximum absolute atomic E-state index is 12.5. The van der Waals surface area contributed by atoms with Crippen LogP contribution in [0.2, 0.25) is 0 Å². The quantitative estimate of drug-likeness (QED) is 0.676. The summed E-state index contributed by atoms with van der Waals surface area (Å²) < 4.78 is 5.34. The molecule has 6 rings (SSSR count). The Morgan fingerprint density at radius 1 is 1.10 bits per heavy atom. The van der Waals surface area contributed by atoms with Crippen LogP contribution in [0.1, 0.15) is 77.6 Å². The van der Waals surface area contributed by atoms with Crippen LogP contribution in [-0.4, -0.2) is 47.9 Å². The summed E-state index contributed by atoms with van der Waals surface area (Å²) in [5.74, 6) is 1.56. The van der Waals surface area contributed by atoms with E-state index < -0.39 is 11.9 Å². The molecule has 0 aromatic heterocycles. The minimum absolute atomic E-state index is 0.0590. The van der Waals surface area contributed by atoms with Crippen LogP contribution in [0.5, 0.6) is 0 Å². The molecule has 5 aliphatic carbocycles. The van der Waals surface area contributed by atoms with E-state index in [1.165, 1.54) is 38.5 Å². The second-order valence-corrected chi connectivity index (χ2v) is 11.1. The molecule has 2 amide bonds. The minimum Gasteiger partial charge on any atom is -0.455 e. The Kier molecular flexibility index (Phi) is 5.30. The lowest BCUT2D eigenvalue weighted by Gasteiger charge is -2.59. The van der Waals surface area contributed by atoms with Gasteiger partial charge in [0.05, 0.1) is 5.92 Å². The topological polar surface area (TPSA) is 75.7 Å². The Balaban J connectivity index is 1.10. The molecule has 6 aliphatic rings. The van der Waals surface area contributed by atoms with Crippen LogP contribution in [0.25, 0.3) is 0 Å². The molecule has 0 aromatic rings. The van der Waals surface area contributed by atoms with E-state index in [-0.39, 0.29) is 36.3 Å². The fourth-order valence-corrected chi connectivity index (χ4v) is 7.86. The lowest BCUT2D eigenvalue weighted by molar-refractivity contribution is -0.153. The average molecular weight is 417 g/mol. The van der Waals surface area contributed by atoms with E-state index in [0.717, 1.165) is 43.4 Å². The Bertz CT molecular complexity index is 679. The van der Waals surface area contributed by atoms with Crippen molar-refractivity contribution in [3.8, 4) is 0 Å². The molecule has 0 radical (unpaired) electrons. The maximum atomic E-state index is 12.5. The van der Waals surface area contributed by atoms with Crippen molar-refractivity contribution in [2.45, 2.75) is 89.6 Å². The van der Waals surface area contributed by atoms with Crippen molar-refractivity contribution in [3.05, 3.63) is 0 Å². The van der Waals surface area contributed by atoms with Gasteiger partial charge in [-0.1, -0.05) is 12.8 Å². The summed E-state index contributed by atoms with van der Waals surface area (Å²) in [6.45, 7) is 2.36. The Morgan fingerprint density at radius 3 is 2.30 bits per heavy atom. The maximum Gasteiger partial charge on any atom is 0.311 e. The van der Waals surface area contributed by atoms with Crippen LogP contribution in [-0.2, 0) is 19.1 Å².